The zero-order valence-corrected chi connectivity index (χ0v) is 18.0. The Hall–Kier alpha value is -0.143. The van der Waals surface area contributed by atoms with Crippen LogP contribution in [-0.4, -0.2) is 42.4 Å². The summed E-state index contributed by atoms with van der Waals surface area (Å²) in [4.78, 5) is 8.61. The van der Waals surface area contributed by atoms with E-state index in [9.17, 15) is 5.11 Å². The molecule has 2 atom stereocenters. The molecule has 0 aliphatic rings. The quantitative estimate of drug-likeness (QED) is 0.342. The first-order valence-corrected chi connectivity index (χ1v) is 12.3. The molecule has 1 aromatic heterocycles. The third-order valence-electron chi connectivity index (χ3n) is 4.98. The molecule has 23 heavy (non-hydrogen) atoms. The highest BCUT2D eigenvalue weighted by Crippen LogP contribution is 2.39. The van der Waals surface area contributed by atoms with Gasteiger partial charge in [0, 0.05) is 23.8 Å². The first-order valence-electron chi connectivity index (χ1n) is 7.74. The Morgan fingerprint density at radius 1 is 1.35 bits per heavy atom. The van der Waals surface area contributed by atoms with Crippen molar-refractivity contribution in [3.05, 3.63) is 16.9 Å². The lowest BCUT2D eigenvalue weighted by Gasteiger charge is -2.41. The molecular weight excluding hydrogens is 348 g/mol. The maximum Gasteiger partial charge on any atom is 0.192 e. The monoisotopic (exact) mass is 376 g/mol. The first kappa shape index (κ1) is 20.9. The molecule has 7 heteroatoms. The molecule has 0 amide bonds. The van der Waals surface area contributed by atoms with Crippen molar-refractivity contribution in [2.45, 2.75) is 69.4 Å². The van der Waals surface area contributed by atoms with Crippen LogP contribution in [0.2, 0.25) is 23.3 Å². The minimum atomic E-state index is -1.93. The second kappa shape index (κ2) is 7.40. The maximum absolute atomic E-state index is 10.4. The molecule has 4 nitrogen and oxygen atoms in total. The molecule has 0 spiro atoms. The summed E-state index contributed by atoms with van der Waals surface area (Å²) in [5.74, 6) is 0. The first-order chi connectivity index (χ1) is 10.3. The highest BCUT2D eigenvalue weighted by molar-refractivity contribution is 7.98. The van der Waals surface area contributed by atoms with Gasteiger partial charge in [0.15, 0.2) is 13.5 Å². The van der Waals surface area contributed by atoms with Crippen LogP contribution in [0.15, 0.2) is 11.4 Å². The Balaban J connectivity index is 3.14. The van der Waals surface area contributed by atoms with Gasteiger partial charge in [-0.3, -0.25) is 0 Å². The van der Waals surface area contributed by atoms with Crippen LogP contribution < -0.4 is 0 Å². The Morgan fingerprint density at radius 2 is 1.91 bits per heavy atom. The van der Waals surface area contributed by atoms with E-state index in [1.165, 1.54) is 11.8 Å². The molecule has 1 rings (SSSR count). The fourth-order valence-electron chi connectivity index (χ4n) is 1.80. The number of aromatic nitrogens is 2. The summed E-state index contributed by atoms with van der Waals surface area (Å²) < 4.78 is 6.35. The van der Waals surface area contributed by atoms with Gasteiger partial charge < -0.3 is 9.53 Å². The number of hydrogen-bond acceptors (Lipinski definition) is 5. The van der Waals surface area contributed by atoms with Crippen molar-refractivity contribution in [1.82, 2.24) is 9.97 Å². The number of aliphatic hydroxyl groups excluding tert-OH is 1. The van der Waals surface area contributed by atoms with Crippen molar-refractivity contribution in [3.63, 3.8) is 0 Å². The van der Waals surface area contributed by atoms with Crippen LogP contribution in [-0.2, 0) is 9.84 Å². The van der Waals surface area contributed by atoms with E-state index in [1.807, 2.05) is 13.2 Å². The summed E-state index contributed by atoms with van der Waals surface area (Å²) in [6.45, 7) is 15.1. The van der Waals surface area contributed by atoms with E-state index in [1.54, 1.807) is 13.1 Å². The molecule has 0 bridgehead atoms. The summed E-state index contributed by atoms with van der Waals surface area (Å²) in [6, 6.07) is 0. The fraction of sp³-hybridized carbons (Fsp3) is 0.750. The Morgan fingerprint density at radius 3 is 2.30 bits per heavy atom. The van der Waals surface area contributed by atoms with Gasteiger partial charge in [-0.05, 0) is 31.3 Å². The number of hydrogen-bond donors (Lipinski definition) is 1. The molecular formula is C16H29ClN2O2SSi. The van der Waals surface area contributed by atoms with E-state index >= 15 is 0 Å². The van der Waals surface area contributed by atoms with Gasteiger partial charge in [0.1, 0.15) is 5.15 Å². The summed E-state index contributed by atoms with van der Waals surface area (Å²) in [6.07, 6.45) is 2.98. The van der Waals surface area contributed by atoms with Crippen molar-refractivity contribution in [3.8, 4) is 0 Å². The molecule has 132 valence electrons. The van der Waals surface area contributed by atoms with Crippen LogP contribution in [0.4, 0.5) is 0 Å². The van der Waals surface area contributed by atoms with Crippen LogP contribution in [0.1, 0.15) is 40.2 Å². The maximum atomic E-state index is 10.4. The van der Waals surface area contributed by atoms with Crippen LogP contribution >= 0.6 is 23.4 Å². The predicted octanol–water partition coefficient (Wildman–Crippen LogP) is 4.51. The molecule has 0 saturated heterocycles. The average Bonchev–Trinajstić information content (AvgIpc) is 2.43. The van der Waals surface area contributed by atoms with Crippen molar-refractivity contribution in [2.24, 2.45) is 0 Å². The van der Waals surface area contributed by atoms with Gasteiger partial charge in [0.25, 0.3) is 0 Å². The predicted molar refractivity (Wildman–Crippen MR) is 101 cm³/mol. The van der Waals surface area contributed by atoms with E-state index in [2.05, 4.69) is 43.8 Å². The molecule has 0 aliphatic carbocycles. The van der Waals surface area contributed by atoms with Crippen molar-refractivity contribution >= 4 is 31.7 Å². The third kappa shape index (κ3) is 4.69. The smallest absolute Gasteiger partial charge is 0.192 e. The minimum Gasteiger partial charge on any atom is -0.416 e. The average molecular weight is 377 g/mol. The lowest BCUT2D eigenvalue weighted by atomic mass is 9.80. The van der Waals surface area contributed by atoms with Crippen molar-refractivity contribution < 1.29 is 9.53 Å². The summed E-state index contributed by atoms with van der Waals surface area (Å²) in [7, 11) is -1.93. The molecule has 0 aliphatic heterocycles. The number of halogens is 1. The van der Waals surface area contributed by atoms with Gasteiger partial charge in [0.05, 0.1) is 6.10 Å². The molecule has 1 aromatic rings. The van der Waals surface area contributed by atoms with E-state index in [4.69, 9.17) is 16.0 Å². The topological polar surface area (TPSA) is 55.2 Å². The number of rotatable bonds is 6. The van der Waals surface area contributed by atoms with Crippen LogP contribution in [0.25, 0.3) is 0 Å². The van der Waals surface area contributed by atoms with Crippen molar-refractivity contribution in [1.29, 1.82) is 0 Å². The molecule has 0 radical (unpaired) electrons. The van der Waals surface area contributed by atoms with E-state index in [0.29, 0.717) is 16.9 Å². The number of nitrogens with zero attached hydrogens (tertiary/aromatic N) is 2. The van der Waals surface area contributed by atoms with Crippen LogP contribution in [0, 0.1) is 0 Å². The standard InChI is InChI=1S/C16H29ClN2O2SSi/c1-11(20)16(5,10-21-23(7,8)15(2,3)4)12-9-18-14(22-6)19-13(12)17/h9,11,20H,10H2,1-8H3/t11-,16+/m1/s1. The second-order valence-electron chi connectivity index (χ2n) is 7.70. The molecule has 1 N–H and O–H groups in total. The van der Waals surface area contributed by atoms with Gasteiger partial charge in [-0.2, -0.15) is 0 Å². The highest BCUT2D eigenvalue weighted by Gasteiger charge is 2.42. The van der Waals surface area contributed by atoms with Crippen LogP contribution in [0.5, 0.6) is 0 Å². The van der Waals surface area contributed by atoms with Crippen LogP contribution in [0.3, 0.4) is 0 Å². The van der Waals surface area contributed by atoms with E-state index in [-0.39, 0.29) is 5.04 Å². The van der Waals surface area contributed by atoms with Gasteiger partial charge in [0.2, 0.25) is 0 Å². The fourth-order valence-corrected chi connectivity index (χ4v) is 3.63. The normalized spacial score (nSPS) is 17.0. The van der Waals surface area contributed by atoms with Gasteiger partial charge in [-0.25, -0.2) is 9.97 Å². The zero-order valence-electron chi connectivity index (χ0n) is 15.4. The number of thioether (sulfide) groups is 1. The Kier molecular flexibility index (Phi) is 6.72. The molecule has 0 saturated carbocycles. The van der Waals surface area contributed by atoms with E-state index < -0.39 is 19.8 Å². The second-order valence-corrected chi connectivity index (χ2v) is 13.6. The zero-order chi connectivity index (χ0) is 18.1. The summed E-state index contributed by atoms with van der Waals surface area (Å²) in [5, 5.41) is 11.5. The molecule has 0 aromatic carbocycles. The van der Waals surface area contributed by atoms with Crippen molar-refractivity contribution in [2.75, 3.05) is 12.9 Å². The lowest BCUT2D eigenvalue weighted by molar-refractivity contribution is 0.0645. The summed E-state index contributed by atoms with van der Waals surface area (Å²) >= 11 is 7.79. The largest absolute Gasteiger partial charge is 0.416 e. The Labute approximate surface area is 150 Å². The van der Waals surface area contributed by atoms with Gasteiger partial charge >= 0.3 is 0 Å². The highest BCUT2D eigenvalue weighted by atomic mass is 35.5. The van der Waals surface area contributed by atoms with Gasteiger partial charge in [-0.1, -0.05) is 51.1 Å². The summed E-state index contributed by atoms with van der Waals surface area (Å²) in [5.41, 5.74) is 0.0782. The molecule has 0 unspecified atom stereocenters. The SMILES string of the molecule is CSc1ncc([C@@](C)(CO[Si](C)(C)C(C)(C)C)[C@@H](C)O)c(Cl)n1. The van der Waals surface area contributed by atoms with E-state index in [0.717, 1.165) is 5.56 Å². The Bertz CT molecular complexity index is 549. The lowest BCUT2D eigenvalue weighted by Crippen LogP contribution is -2.47. The number of aliphatic hydroxyl groups is 1. The minimum absolute atomic E-state index is 0.107. The molecule has 1 heterocycles. The van der Waals surface area contributed by atoms with Gasteiger partial charge in [-0.15, -0.1) is 0 Å². The third-order valence-corrected chi connectivity index (χ3v) is 10.3. The molecule has 0 fully saturated rings.